The Kier molecular flexibility index (Phi) is 3.30. The Labute approximate surface area is 114 Å². The van der Waals surface area contributed by atoms with Gasteiger partial charge in [0.2, 0.25) is 0 Å². The molecule has 0 unspecified atom stereocenters. The van der Waals surface area contributed by atoms with Gasteiger partial charge in [0, 0.05) is 13.2 Å². The van der Waals surface area contributed by atoms with Crippen LogP contribution >= 0.6 is 15.9 Å². The van der Waals surface area contributed by atoms with E-state index in [1.807, 2.05) is 6.33 Å². The summed E-state index contributed by atoms with van der Waals surface area (Å²) >= 11 is 3.36. The normalized spacial score (nSPS) is 24.6. The van der Waals surface area contributed by atoms with E-state index < -0.39 is 0 Å². The monoisotopic (exact) mass is 310 g/mol. The Hall–Kier alpha value is -1.01. The summed E-state index contributed by atoms with van der Waals surface area (Å²) < 4.78 is 8.31. The summed E-state index contributed by atoms with van der Waals surface area (Å²) in [5.74, 6) is 0. The molecule has 0 spiro atoms. The van der Waals surface area contributed by atoms with E-state index >= 15 is 0 Å². The summed E-state index contributed by atoms with van der Waals surface area (Å²) in [5, 5.41) is 0. The topological polar surface area (TPSA) is 52.8 Å². The van der Waals surface area contributed by atoms with Crippen molar-refractivity contribution in [3.8, 4) is 0 Å². The van der Waals surface area contributed by atoms with Crippen LogP contribution in [-0.4, -0.2) is 32.7 Å². The molecular weight excluding hydrogens is 296 g/mol. The van der Waals surface area contributed by atoms with E-state index in [9.17, 15) is 0 Å². The van der Waals surface area contributed by atoms with Crippen molar-refractivity contribution in [2.75, 3.05) is 7.11 Å². The van der Waals surface area contributed by atoms with Crippen molar-refractivity contribution in [3.05, 3.63) is 17.1 Å². The minimum Gasteiger partial charge on any atom is -0.381 e. The van der Waals surface area contributed by atoms with Crippen molar-refractivity contribution in [2.24, 2.45) is 0 Å². The first kappa shape index (κ1) is 12.0. The van der Waals surface area contributed by atoms with Crippen LogP contribution < -0.4 is 0 Å². The fraction of sp³-hybridized carbons (Fsp3) is 0.583. The highest BCUT2D eigenvalue weighted by Gasteiger charge is 2.23. The van der Waals surface area contributed by atoms with Crippen LogP contribution in [0.2, 0.25) is 0 Å². The van der Waals surface area contributed by atoms with Gasteiger partial charge in [-0.2, -0.15) is 0 Å². The molecule has 0 aliphatic heterocycles. The highest BCUT2D eigenvalue weighted by Crippen LogP contribution is 2.31. The summed E-state index contributed by atoms with van der Waals surface area (Å²) in [6.07, 6.45) is 8.37. The highest BCUT2D eigenvalue weighted by atomic mass is 79.9. The lowest BCUT2D eigenvalue weighted by atomic mass is 9.93. The van der Waals surface area contributed by atoms with Crippen molar-refractivity contribution < 1.29 is 4.74 Å². The standard InChI is InChI=1S/C12H15BrN4O/c1-18-9-4-2-8(3-5-9)17-7-15-11-12(17)16-10(13)6-14-11/h6-9H,2-5H2,1H3. The zero-order valence-corrected chi connectivity index (χ0v) is 11.8. The molecule has 5 nitrogen and oxygen atoms in total. The molecule has 6 heteroatoms. The molecule has 1 saturated carbocycles. The van der Waals surface area contributed by atoms with Gasteiger partial charge in [0.25, 0.3) is 0 Å². The predicted octanol–water partition coefficient (Wildman–Crippen LogP) is 2.72. The maximum atomic E-state index is 5.40. The van der Waals surface area contributed by atoms with Gasteiger partial charge in [-0.1, -0.05) is 0 Å². The third-order valence-electron chi connectivity index (χ3n) is 3.63. The Morgan fingerprint density at radius 2 is 2.06 bits per heavy atom. The summed E-state index contributed by atoms with van der Waals surface area (Å²) in [4.78, 5) is 13.0. The van der Waals surface area contributed by atoms with Gasteiger partial charge >= 0.3 is 0 Å². The average Bonchev–Trinajstić information content (AvgIpc) is 2.82. The summed E-state index contributed by atoms with van der Waals surface area (Å²) in [7, 11) is 1.79. The van der Waals surface area contributed by atoms with Crippen molar-refractivity contribution >= 4 is 27.2 Å². The Balaban J connectivity index is 1.88. The zero-order valence-electron chi connectivity index (χ0n) is 10.2. The van der Waals surface area contributed by atoms with Crippen LogP contribution in [-0.2, 0) is 4.74 Å². The molecule has 1 fully saturated rings. The molecule has 0 bridgehead atoms. The van der Waals surface area contributed by atoms with Crippen LogP contribution in [0.15, 0.2) is 17.1 Å². The van der Waals surface area contributed by atoms with E-state index in [-0.39, 0.29) is 0 Å². The predicted molar refractivity (Wildman–Crippen MR) is 71.3 cm³/mol. The quantitative estimate of drug-likeness (QED) is 0.856. The molecule has 0 atom stereocenters. The third kappa shape index (κ3) is 2.14. The molecule has 0 aromatic carbocycles. The Morgan fingerprint density at radius 1 is 1.28 bits per heavy atom. The number of methoxy groups -OCH3 is 1. The molecule has 2 heterocycles. The van der Waals surface area contributed by atoms with E-state index in [0.29, 0.717) is 17.8 Å². The van der Waals surface area contributed by atoms with Crippen molar-refractivity contribution in [1.82, 2.24) is 19.5 Å². The van der Waals surface area contributed by atoms with Crippen LogP contribution in [0.3, 0.4) is 0 Å². The second kappa shape index (κ2) is 4.93. The van der Waals surface area contributed by atoms with Crippen LogP contribution in [0.5, 0.6) is 0 Å². The first-order chi connectivity index (χ1) is 8.78. The smallest absolute Gasteiger partial charge is 0.197 e. The van der Waals surface area contributed by atoms with Gasteiger partial charge in [-0.15, -0.1) is 0 Å². The van der Waals surface area contributed by atoms with Gasteiger partial charge in [0.15, 0.2) is 11.3 Å². The molecule has 2 aromatic heterocycles. The van der Waals surface area contributed by atoms with E-state index in [0.717, 1.165) is 35.9 Å². The number of rotatable bonds is 2. The van der Waals surface area contributed by atoms with Gasteiger partial charge in [-0.25, -0.2) is 15.0 Å². The number of aromatic nitrogens is 4. The fourth-order valence-corrected chi connectivity index (χ4v) is 2.88. The maximum absolute atomic E-state index is 5.40. The molecule has 3 rings (SSSR count). The highest BCUT2D eigenvalue weighted by molar-refractivity contribution is 9.10. The molecule has 0 amide bonds. The number of imidazole rings is 1. The second-order valence-corrected chi connectivity index (χ2v) is 5.47. The lowest BCUT2D eigenvalue weighted by molar-refractivity contribution is 0.0588. The lowest BCUT2D eigenvalue weighted by Gasteiger charge is -2.28. The van der Waals surface area contributed by atoms with Crippen LogP contribution in [0, 0.1) is 0 Å². The number of hydrogen-bond donors (Lipinski definition) is 0. The van der Waals surface area contributed by atoms with Gasteiger partial charge in [-0.05, 0) is 41.6 Å². The van der Waals surface area contributed by atoms with Crippen molar-refractivity contribution in [2.45, 2.75) is 37.8 Å². The molecule has 1 aliphatic carbocycles. The van der Waals surface area contributed by atoms with E-state index in [1.54, 1.807) is 13.3 Å². The molecule has 2 aromatic rings. The summed E-state index contributed by atoms with van der Waals surface area (Å²) in [6, 6.07) is 0.463. The SMILES string of the molecule is COC1CCC(n2cnc3ncc(Br)nc32)CC1. The van der Waals surface area contributed by atoms with Gasteiger partial charge in [0.05, 0.1) is 18.6 Å². The fourth-order valence-electron chi connectivity index (χ4n) is 2.61. The molecular formula is C12H15BrN4O. The molecule has 0 radical (unpaired) electrons. The van der Waals surface area contributed by atoms with E-state index in [1.165, 1.54) is 0 Å². The van der Waals surface area contributed by atoms with E-state index in [2.05, 4.69) is 35.4 Å². The summed E-state index contributed by atoms with van der Waals surface area (Å²) in [5.41, 5.74) is 1.58. The lowest BCUT2D eigenvalue weighted by Crippen LogP contribution is -2.22. The Morgan fingerprint density at radius 3 is 2.78 bits per heavy atom. The zero-order chi connectivity index (χ0) is 12.5. The molecule has 0 saturated heterocycles. The third-order valence-corrected chi connectivity index (χ3v) is 4.01. The van der Waals surface area contributed by atoms with Crippen LogP contribution in [0.25, 0.3) is 11.3 Å². The minimum atomic E-state index is 0.411. The first-order valence-electron chi connectivity index (χ1n) is 6.16. The van der Waals surface area contributed by atoms with Crippen LogP contribution in [0.4, 0.5) is 0 Å². The number of ether oxygens (including phenoxy) is 1. The van der Waals surface area contributed by atoms with Gasteiger partial charge in [-0.3, -0.25) is 0 Å². The molecule has 96 valence electrons. The summed E-state index contributed by atoms with van der Waals surface area (Å²) in [6.45, 7) is 0. The second-order valence-electron chi connectivity index (χ2n) is 4.66. The maximum Gasteiger partial charge on any atom is 0.197 e. The number of hydrogen-bond acceptors (Lipinski definition) is 4. The molecule has 1 aliphatic rings. The minimum absolute atomic E-state index is 0.411. The first-order valence-corrected chi connectivity index (χ1v) is 6.95. The van der Waals surface area contributed by atoms with Gasteiger partial charge < -0.3 is 9.30 Å². The number of nitrogens with zero attached hydrogens (tertiary/aromatic N) is 4. The Bertz CT molecular complexity index is 548. The largest absolute Gasteiger partial charge is 0.381 e. The number of halogens is 1. The van der Waals surface area contributed by atoms with Gasteiger partial charge in [0.1, 0.15) is 4.60 Å². The molecule has 18 heavy (non-hydrogen) atoms. The molecule has 0 N–H and O–H groups in total. The van der Waals surface area contributed by atoms with Crippen molar-refractivity contribution in [3.63, 3.8) is 0 Å². The average molecular weight is 311 g/mol. The van der Waals surface area contributed by atoms with Crippen molar-refractivity contribution in [1.29, 1.82) is 0 Å². The van der Waals surface area contributed by atoms with Crippen LogP contribution in [0.1, 0.15) is 31.7 Å². The number of fused-ring (bicyclic) bond motifs is 1. The van der Waals surface area contributed by atoms with E-state index in [4.69, 9.17) is 4.74 Å².